The lowest BCUT2D eigenvalue weighted by Gasteiger charge is -2.17. The number of benzene rings is 1. The van der Waals surface area contributed by atoms with Crippen molar-refractivity contribution in [1.82, 2.24) is 15.1 Å². The predicted octanol–water partition coefficient (Wildman–Crippen LogP) is 3.27. The molecule has 0 amide bonds. The lowest BCUT2D eigenvalue weighted by atomic mass is 10.0. The van der Waals surface area contributed by atoms with Gasteiger partial charge in [-0.1, -0.05) is 26.0 Å². The first kappa shape index (κ1) is 14.7. The fourth-order valence-electron chi connectivity index (χ4n) is 2.23. The van der Waals surface area contributed by atoms with Gasteiger partial charge in [-0.2, -0.15) is 5.10 Å². The average molecular weight is 279 g/mol. The van der Waals surface area contributed by atoms with E-state index in [1.807, 2.05) is 17.8 Å². The zero-order valence-corrected chi connectivity index (χ0v) is 11.7. The molecule has 1 N–H and O–H groups in total. The highest BCUT2D eigenvalue weighted by molar-refractivity contribution is 5.31. The molecule has 3 nitrogen and oxygen atoms in total. The van der Waals surface area contributed by atoms with Crippen LogP contribution in [0.4, 0.5) is 8.78 Å². The molecule has 20 heavy (non-hydrogen) atoms. The molecule has 1 unspecified atom stereocenters. The van der Waals surface area contributed by atoms with Gasteiger partial charge in [0.2, 0.25) is 0 Å². The van der Waals surface area contributed by atoms with Gasteiger partial charge in [-0.15, -0.1) is 0 Å². The van der Waals surface area contributed by atoms with Crippen LogP contribution >= 0.6 is 0 Å². The summed E-state index contributed by atoms with van der Waals surface area (Å²) in [6, 6.07) is 3.86. The Labute approximate surface area is 117 Å². The molecule has 0 aliphatic carbocycles. The molecule has 1 atom stereocenters. The fraction of sp³-hybridized carbons (Fsp3) is 0.400. The third-order valence-electron chi connectivity index (χ3n) is 3.14. The number of rotatable bonds is 6. The minimum atomic E-state index is -0.827. The fourth-order valence-corrected chi connectivity index (χ4v) is 2.23. The Morgan fingerprint density at radius 1 is 1.30 bits per heavy atom. The molecule has 0 bridgehead atoms. The number of halogens is 2. The monoisotopic (exact) mass is 279 g/mol. The maximum atomic E-state index is 14.0. The molecular weight excluding hydrogens is 260 g/mol. The summed E-state index contributed by atoms with van der Waals surface area (Å²) in [4.78, 5) is 0. The zero-order chi connectivity index (χ0) is 14.5. The minimum absolute atomic E-state index is 0.308. The van der Waals surface area contributed by atoms with E-state index in [1.54, 1.807) is 12.3 Å². The van der Waals surface area contributed by atoms with Crippen LogP contribution in [0.3, 0.4) is 0 Å². The summed E-state index contributed by atoms with van der Waals surface area (Å²) in [5, 5.41) is 7.43. The average Bonchev–Trinajstić information content (AvgIpc) is 2.88. The number of aromatic nitrogens is 2. The first-order valence-corrected chi connectivity index (χ1v) is 6.87. The summed E-state index contributed by atoms with van der Waals surface area (Å²) < 4.78 is 29.2. The molecule has 2 rings (SSSR count). The quantitative estimate of drug-likeness (QED) is 0.879. The SMILES string of the molecule is CCCn1cc(C(NCC)c2cccc(F)c2F)cn1. The molecule has 0 aliphatic heterocycles. The van der Waals surface area contributed by atoms with E-state index in [-0.39, 0.29) is 6.04 Å². The first-order valence-electron chi connectivity index (χ1n) is 6.87. The Morgan fingerprint density at radius 2 is 2.10 bits per heavy atom. The molecule has 0 radical (unpaired) electrons. The van der Waals surface area contributed by atoms with Crippen LogP contribution in [0.15, 0.2) is 30.6 Å². The van der Waals surface area contributed by atoms with Crippen LogP contribution in [0.2, 0.25) is 0 Å². The van der Waals surface area contributed by atoms with Gasteiger partial charge in [0.1, 0.15) is 0 Å². The third kappa shape index (κ3) is 3.04. The molecule has 1 aromatic heterocycles. The number of hydrogen-bond donors (Lipinski definition) is 1. The van der Waals surface area contributed by atoms with Crippen LogP contribution in [-0.2, 0) is 6.54 Å². The van der Waals surface area contributed by atoms with E-state index in [4.69, 9.17) is 0 Å². The van der Waals surface area contributed by atoms with Gasteiger partial charge >= 0.3 is 0 Å². The highest BCUT2D eigenvalue weighted by atomic mass is 19.2. The Kier molecular flexibility index (Phi) is 4.84. The highest BCUT2D eigenvalue weighted by Gasteiger charge is 2.20. The summed E-state index contributed by atoms with van der Waals surface area (Å²) in [6.07, 6.45) is 4.55. The zero-order valence-electron chi connectivity index (χ0n) is 11.7. The number of nitrogens with one attached hydrogen (secondary N) is 1. The Morgan fingerprint density at radius 3 is 2.80 bits per heavy atom. The van der Waals surface area contributed by atoms with Gasteiger partial charge in [-0.25, -0.2) is 8.78 Å². The van der Waals surface area contributed by atoms with Crippen molar-refractivity contribution in [2.24, 2.45) is 0 Å². The van der Waals surface area contributed by atoms with Gasteiger partial charge in [-0.05, 0) is 19.0 Å². The first-order chi connectivity index (χ1) is 9.67. The van der Waals surface area contributed by atoms with E-state index in [1.165, 1.54) is 6.07 Å². The second-order valence-corrected chi connectivity index (χ2v) is 4.67. The Hall–Kier alpha value is -1.75. The summed E-state index contributed by atoms with van der Waals surface area (Å²) >= 11 is 0. The summed E-state index contributed by atoms with van der Waals surface area (Å²) in [6.45, 7) is 5.46. The Balaban J connectivity index is 2.36. The number of aryl methyl sites for hydroxylation is 1. The van der Waals surface area contributed by atoms with E-state index in [0.717, 1.165) is 24.6 Å². The second kappa shape index (κ2) is 6.61. The van der Waals surface area contributed by atoms with Crippen molar-refractivity contribution in [3.05, 3.63) is 53.4 Å². The molecule has 1 heterocycles. The van der Waals surface area contributed by atoms with Crippen molar-refractivity contribution in [3.63, 3.8) is 0 Å². The second-order valence-electron chi connectivity index (χ2n) is 4.67. The maximum absolute atomic E-state index is 14.0. The molecule has 0 spiro atoms. The molecule has 2 aromatic rings. The van der Waals surface area contributed by atoms with Gasteiger partial charge in [0.25, 0.3) is 0 Å². The molecule has 0 aliphatic rings. The van der Waals surface area contributed by atoms with Crippen LogP contribution in [0.1, 0.15) is 37.4 Å². The summed E-state index contributed by atoms with van der Waals surface area (Å²) in [5.74, 6) is -1.63. The van der Waals surface area contributed by atoms with E-state index in [9.17, 15) is 8.78 Å². The van der Waals surface area contributed by atoms with Gasteiger partial charge in [-0.3, -0.25) is 4.68 Å². The largest absolute Gasteiger partial charge is 0.306 e. The smallest absolute Gasteiger partial charge is 0.163 e. The van der Waals surface area contributed by atoms with Crippen molar-refractivity contribution in [3.8, 4) is 0 Å². The standard InChI is InChI=1S/C15H19F2N3/c1-3-8-20-10-11(9-19-20)15(18-4-2)12-6-5-7-13(16)14(12)17/h5-7,9-10,15,18H,3-4,8H2,1-2H3. The van der Waals surface area contributed by atoms with Gasteiger partial charge < -0.3 is 5.32 Å². The molecule has 0 saturated heterocycles. The topological polar surface area (TPSA) is 29.9 Å². The van der Waals surface area contributed by atoms with Gasteiger partial charge in [0.05, 0.1) is 12.2 Å². The number of hydrogen-bond acceptors (Lipinski definition) is 2. The molecule has 0 fully saturated rings. The van der Waals surface area contributed by atoms with Crippen molar-refractivity contribution >= 4 is 0 Å². The van der Waals surface area contributed by atoms with E-state index in [2.05, 4.69) is 17.3 Å². The number of nitrogens with zero attached hydrogens (tertiary/aromatic N) is 2. The normalized spacial score (nSPS) is 12.6. The van der Waals surface area contributed by atoms with Crippen molar-refractivity contribution in [2.45, 2.75) is 32.9 Å². The van der Waals surface area contributed by atoms with Crippen LogP contribution < -0.4 is 5.32 Å². The van der Waals surface area contributed by atoms with Crippen LogP contribution in [0, 0.1) is 11.6 Å². The van der Waals surface area contributed by atoms with E-state index in [0.29, 0.717) is 12.1 Å². The Bertz CT molecular complexity index is 566. The van der Waals surface area contributed by atoms with Crippen LogP contribution in [0.5, 0.6) is 0 Å². The predicted molar refractivity (Wildman–Crippen MR) is 74.4 cm³/mol. The summed E-state index contributed by atoms with van der Waals surface area (Å²) in [7, 11) is 0. The molecule has 108 valence electrons. The molecule has 5 heteroatoms. The van der Waals surface area contributed by atoms with Crippen molar-refractivity contribution in [1.29, 1.82) is 0 Å². The molecule has 1 aromatic carbocycles. The maximum Gasteiger partial charge on any atom is 0.163 e. The van der Waals surface area contributed by atoms with E-state index < -0.39 is 11.6 Å². The van der Waals surface area contributed by atoms with Gasteiger partial charge in [0, 0.05) is 23.9 Å². The molecule has 0 saturated carbocycles. The minimum Gasteiger partial charge on any atom is -0.306 e. The van der Waals surface area contributed by atoms with Crippen LogP contribution in [0.25, 0.3) is 0 Å². The molecular formula is C15H19F2N3. The third-order valence-corrected chi connectivity index (χ3v) is 3.14. The highest BCUT2D eigenvalue weighted by Crippen LogP contribution is 2.25. The van der Waals surface area contributed by atoms with E-state index >= 15 is 0 Å². The van der Waals surface area contributed by atoms with Crippen LogP contribution in [-0.4, -0.2) is 16.3 Å². The lowest BCUT2D eigenvalue weighted by molar-refractivity contribution is 0.483. The van der Waals surface area contributed by atoms with Crippen molar-refractivity contribution in [2.75, 3.05) is 6.54 Å². The summed E-state index contributed by atoms with van der Waals surface area (Å²) in [5.41, 5.74) is 1.15. The van der Waals surface area contributed by atoms with Gasteiger partial charge in [0.15, 0.2) is 11.6 Å². The van der Waals surface area contributed by atoms with Crippen molar-refractivity contribution < 1.29 is 8.78 Å². The lowest BCUT2D eigenvalue weighted by Crippen LogP contribution is -2.23.